The zero-order chi connectivity index (χ0) is 13.3. The monoisotopic (exact) mass is 268 g/mol. The fourth-order valence-electron chi connectivity index (χ4n) is 1.69. The molecule has 6 nitrogen and oxygen atoms in total. The smallest absolute Gasteiger partial charge is 0.327 e. The molecular formula is C11H12N2O4S. The van der Waals surface area contributed by atoms with Gasteiger partial charge in [-0.05, 0) is 6.07 Å². The first-order chi connectivity index (χ1) is 8.50. The van der Waals surface area contributed by atoms with Gasteiger partial charge in [-0.3, -0.25) is 9.59 Å². The van der Waals surface area contributed by atoms with E-state index in [0.29, 0.717) is 11.6 Å². The predicted octanol–water partition coefficient (Wildman–Crippen LogP) is -0.0150. The third kappa shape index (κ3) is 2.26. The Morgan fingerprint density at radius 1 is 1.50 bits per heavy atom. The van der Waals surface area contributed by atoms with E-state index in [4.69, 9.17) is 5.11 Å². The minimum absolute atomic E-state index is 0.229. The lowest BCUT2D eigenvalue weighted by Gasteiger charge is -2.20. The molecule has 0 unspecified atom stereocenters. The summed E-state index contributed by atoms with van der Waals surface area (Å²) in [6, 6.07) is 1.93. The van der Waals surface area contributed by atoms with Crippen molar-refractivity contribution in [3.8, 4) is 0 Å². The standard InChI is InChI=1S/C11H12N2O4S/c1-12-3-2-7(4-9(12)14)10(15)13-6-18-5-8(13)11(16)17/h2-4,8H,5-6H2,1H3,(H,16,17)/t8-/m0/s1. The lowest BCUT2D eigenvalue weighted by atomic mass is 10.2. The zero-order valence-corrected chi connectivity index (χ0v) is 10.5. The number of carbonyl (C=O) groups excluding carboxylic acids is 1. The molecule has 0 aromatic carbocycles. The highest BCUT2D eigenvalue weighted by molar-refractivity contribution is 7.99. The molecule has 96 valence electrons. The Morgan fingerprint density at radius 2 is 2.22 bits per heavy atom. The first-order valence-corrected chi connectivity index (χ1v) is 6.44. The number of hydrogen-bond acceptors (Lipinski definition) is 4. The van der Waals surface area contributed by atoms with Crippen molar-refractivity contribution in [1.29, 1.82) is 0 Å². The SMILES string of the molecule is Cn1ccc(C(=O)N2CSC[C@H]2C(=O)O)cc1=O. The lowest BCUT2D eigenvalue weighted by molar-refractivity contribution is -0.140. The van der Waals surface area contributed by atoms with Crippen LogP contribution in [0, 0.1) is 0 Å². The van der Waals surface area contributed by atoms with Gasteiger partial charge >= 0.3 is 5.97 Å². The highest BCUT2D eigenvalue weighted by Crippen LogP contribution is 2.22. The van der Waals surface area contributed by atoms with Gasteiger partial charge in [0.25, 0.3) is 11.5 Å². The number of aliphatic carboxylic acids is 1. The van der Waals surface area contributed by atoms with Crippen LogP contribution in [0.4, 0.5) is 0 Å². The van der Waals surface area contributed by atoms with Gasteiger partial charge in [0.15, 0.2) is 0 Å². The summed E-state index contributed by atoms with van der Waals surface area (Å²) >= 11 is 1.39. The summed E-state index contributed by atoms with van der Waals surface area (Å²) in [6.45, 7) is 0. The van der Waals surface area contributed by atoms with Gasteiger partial charge in [0.05, 0.1) is 5.88 Å². The Labute approximate surface area is 107 Å². The number of aryl methyl sites for hydroxylation is 1. The average Bonchev–Trinajstić information content (AvgIpc) is 2.81. The third-order valence-corrected chi connectivity index (χ3v) is 3.79. The number of rotatable bonds is 2. The molecule has 1 amide bonds. The first kappa shape index (κ1) is 12.7. The van der Waals surface area contributed by atoms with E-state index in [-0.39, 0.29) is 11.1 Å². The number of hydrogen-bond donors (Lipinski definition) is 1. The van der Waals surface area contributed by atoms with E-state index < -0.39 is 17.9 Å². The Morgan fingerprint density at radius 3 is 2.83 bits per heavy atom. The maximum atomic E-state index is 12.1. The molecule has 7 heteroatoms. The molecule has 0 aliphatic carbocycles. The largest absolute Gasteiger partial charge is 0.480 e. The van der Waals surface area contributed by atoms with Crippen molar-refractivity contribution in [2.24, 2.45) is 7.05 Å². The quantitative estimate of drug-likeness (QED) is 0.815. The lowest BCUT2D eigenvalue weighted by Crippen LogP contribution is -2.42. The van der Waals surface area contributed by atoms with Crippen LogP contribution in [-0.4, -0.2) is 44.1 Å². The number of carboxylic acid groups (broad SMARTS) is 1. The zero-order valence-electron chi connectivity index (χ0n) is 9.70. The third-order valence-electron chi connectivity index (χ3n) is 2.78. The van der Waals surface area contributed by atoms with E-state index in [1.807, 2.05) is 0 Å². The van der Waals surface area contributed by atoms with Gasteiger partial charge in [-0.1, -0.05) is 0 Å². The molecule has 0 radical (unpaired) electrons. The van der Waals surface area contributed by atoms with Crippen molar-refractivity contribution < 1.29 is 14.7 Å². The van der Waals surface area contributed by atoms with Gasteiger partial charge in [-0.2, -0.15) is 0 Å². The van der Waals surface area contributed by atoms with Crippen molar-refractivity contribution in [1.82, 2.24) is 9.47 Å². The topological polar surface area (TPSA) is 79.6 Å². The molecule has 2 heterocycles. The maximum absolute atomic E-state index is 12.1. The Balaban J connectivity index is 2.28. The number of carboxylic acids is 1. The summed E-state index contributed by atoms with van der Waals surface area (Å²) in [6.07, 6.45) is 1.49. The van der Waals surface area contributed by atoms with Crippen molar-refractivity contribution in [2.45, 2.75) is 6.04 Å². The van der Waals surface area contributed by atoms with Crippen LogP contribution in [0.1, 0.15) is 10.4 Å². The summed E-state index contributed by atoms with van der Waals surface area (Å²) in [4.78, 5) is 35.8. The first-order valence-electron chi connectivity index (χ1n) is 5.29. The highest BCUT2D eigenvalue weighted by Gasteiger charge is 2.35. The Kier molecular flexibility index (Phi) is 3.42. The molecule has 0 bridgehead atoms. The molecule has 2 rings (SSSR count). The van der Waals surface area contributed by atoms with Gasteiger partial charge in [-0.15, -0.1) is 11.8 Å². The molecule has 1 fully saturated rings. The van der Waals surface area contributed by atoms with Crippen LogP contribution in [0.3, 0.4) is 0 Å². The molecule has 1 saturated heterocycles. The number of amides is 1. The van der Waals surface area contributed by atoms with Crippen LogP contribution in [-0.2, 0) is 11.8 Å². The molecular weight excluding hydrogens is 256 g/mol. The van der Waals surface area contributed by atoms with E-state index in [2.05, 4.69) is 0 Å². The second-order valence-corrected chi connectivity index (χ2v) is 4.99. The van der Waals surface area contributed by atoms with Crippen LogP contribution in [0.5, 0.6) is 0 Å². The highest BCUT2D eigenvalue weighted by atomic mass is 32.2. The van der Waals surface area contributed by atoms with Crippen molar-refractivity contribution in [2.75, 3.05) is 11.6 Å². The molecule has 18 heavy (non-hydrogen) atoms. The molecule has 1 N–H and O–H groups in total. The van der Waals surface area contributed by atoms with E-state index >= 15 is 0 Å². The van der Waals surface area contributed by atoms with Crippen molar-refractivity contribution in [3.63, 3.8) is 0 Å². The molecule has 1 aromatic rings. The molecule has 1 atom stereocenters. The van der Waals surface area contributed by atoms with Crippen LogP contribution in [0.15, 0.2) is 23.1 Å². The number of carbonyl (C=O) groups is 2. The van der Waals surface area contributed by atoms with Crippen LogP contribution in [0.2, 0.25) is 0 Å². The van der Waals surface area contributed by atoms with E-state index in [1.54, 1.807) is 7.05 Å². The second-order valence-electron chi connectivity index (χ2n) is 3.99. The molecule has 0 spiro atoms. The number of thioether (sulfide) groups is 1. The number of pyridine rings is 1. The van der Waals surface area contributed by atoms with E-state index in [1.165, 1.54) is 39.6 Å². The summed E-state index contributed by atoms with van der Waals surface area (Å²) in [5.41, 5.74) is -0.0635. The Bertz CT molecular complexity index is 554. The summed E-state index contributed by atoms with van der Waals surface area (Å²) in [5, 5.41) is 9.01. The van der Waals surface area contributed by atoms with Gasteiger partial charge < -0.3 is 14.6 Å². The van der Waals surface area contributed by atoms with E-state index in [9.17, 15) is 14.4 Å². The summed E-state index contributed by atoms with van der Waals surface area (Å²) < 4.78 is 1.35. The summed E-state index contributed by atoms with van der Waals surface area (Å²) in [7, 11) is 1.59. The van der Waals surface area contributed by atoms with Crippen molar-refractivity contribution >= 4 is 23.6 Å². The fraction of sp³-hybridized carbons (Fsp3) is 0.364. The molecule has 1 aliphatic rings. The van der Waals surface area contributed by atoms with Crippen LogP contribution < -0.4 is 5.56 Å². The number of aromatic nitrogens is 1. The van der Waals surface area contributed by atoms with Gasteiger partial charge in [0, 0.05) is 30.6 Å². The van der Waals surface area contributed by atoms with Gasteiger partial charge in [0.2, 0.25) is 0 Å². The molecule has 0 saturated carbocycles. The average molecular weight is 268 g/mol. The minimum atomic E-state index is -1.02. The second kappa shape index (κ2) is 4.85. The summed E-state index contributed by atoms with van der Waals surface area (Å²) in [5.74, 6) is -0.709. The van der Waals surface area contributed by atoms with Crippen LogP contribution in [0.25, 0.3) is 0 Å². The van der Waals surface area contributed by atoms with Gasteiger partial charge in [0.1, 0.15) is 6.04 Å². The van der Waals surface area contributed by atoms with E-state index in [0.717, 1.165) is 0 Å². The van der Waals surface area contributed by atoms with Crippen LogP contribution >= 0.6 is 11.8 Å². The maximum Gasteiger partial charge on any atom is 0.327 e. The van der Waals surface area contributed by atoms with Crippen molar-refractivity contribution in [3.05, 3.63) is 34.2 Å². The fourth-order valence-corrected chi connectivity index (χ4v) is 2.84. The Hall–Kier alpha value is -1.76. The normalized spacial score (nSPS) is 18.9. The van der Waals surface area contributed by atoms with Gasteiger partial charge in [-0.25, -0.2) is 4.79 Å². The number of nitrogens with zero attached hydrogens (tertiary/aromatic N) is 2. The predicted molar refractivity (Wildman–Crippen MR) is 66.6 cm³/mol. The molecule has 1 aliphatic heterocycles. The molecule has 1 aromatic heterocycles. The minimum Gasteiger partial charge on any atom is -0.480 e.